The minimum absolute atomic E-state index is 0.105. The van der Waals surface area contributed by atoms with Gasteiger partial charge in [-0.15, -0.1) is 0 Å². The van der Waals surface area contributed by atoms with Crippen molar-refractivity contribution in [3.05, 3.63) is 0 Å². The van der Waals surface area contributed by atoms with E-state index in [0.717, 1.165) is 108 Å². The SMILES string of the molecule is CCCCCCCCCCCCCCCCCCCCC(=O)OC[C@H](COP(=O)(O)OC[C@@H](O)COP(=O)(O)OC[C@@H](COC(=O)CCCCCCCCC(C)C)OC(=O)CCCCCCCCCCCCCC(C)C)OC(=O)CCCCCCCCCCCCCCCCCCC(C)C. The Morgan fingerprint density at radius 2 is 0.460 bits per heavy atom. The maximum absolute atomic E-state index is 13.1. The molecule has 5 atom stereocenters. The summed E-state index contributed by atoms with van der Waals surface area (Å²) in [5.41, 5.74) is 0. The lowest BCUT2D eigenvalue weighted by molar-refractivity contribution is -0.161. The summed E-state index contributed by atoms with van der Waals surface area (Å²) in [5, 5.41) is 10.6. The van der Waals surface area contributed by atoms with Gasteiger partial charge in [0.05, 0.1) is 26.4 Å². The van der Waals surface area contributed by atoms with Gasteiger partial charge in [0, 0.05) is 25.7 Å². The quantitative estimate of drug-likeness (QED) is 0.0222. The lowest BCUT2D eigenvalue weighted by atomic mass is 10.0. The molecular formula is C81H158O17P2. The summed E-state index contributed by atoms with van der Waals surface area (Å²) in [7, 11) is -9.92. The molecule has 0 rings (SSSR count). The van der Waals surface area contributed by atoms with Crippen LogP contribution in [0.3, 0.4) is 0 Å². The lowest BCUT2D eigenvalue weighted by Crippen LogP contribution is -2.30. The van der Waals surface area contributed by atoms with E-state index >= 15 is 0 Å². The molecule has 0 bridgehead atoms. The molecule has 594 valence electrons. The molecule has 0 aliphatic heterocycles. The van der Waals surface area contributed by atoms with Gasteiger partial charge in [-0.05, 0) is 43.4 Å². The van der Waals surface area contributed by atoms with Crippen molar-refractivity contribution in [2.45, 2.75) is 439 Å². The zero-order valence-corrected chi connectivity index (χ0v) is 67.5. The summed E-state index contributed by atoms with van der Waals surface area (Å²) in [6, 6.07) is 0. The number of carbonyl (C=O) groups excluding carboxylic acids is 4. The Morgan fingerprint density at radius 1 is 0.270 bits per heavy atom. The molecule has 0 spiro atoms. The van der Waals surface area contributed by atoms with Crippen LogP contribution in [-0.2, 0) is 65.4 Å². The second kappa shape index (κ2) is 71.3. The Labute approximate surface area is 613 Å². The Bertz CT molecular complexity index is 1940. The molecule has 0 heterocycles. The van der Waals surface area contributed by atoms with Crippen LogP contribution in [0.2, 0.25) is 0 Å². The molecule has 0 amide bonds. The highest BCUT2D eigenvalue weighted by molar-refractivity contribution is 7.47. The number of aliphatic hydroxyl groups is 1. The largest absolute Gasteiger partial charge is 0.472 e. The van der Waals surface area contributed by atoms with E-state index in [4.69, 9.17) is 37.0 Å². The first-order valence-electron chi connectivity index (χ1n) is 41.8. The Hall–Kier alpha value is -1.94. The van der Waals surface area contributed by atoms with Crippen molar-refractivity contribution in [2.24, 2.45) is 17.8 Å². The summed E-state index contributed by atoms with van der Waals surface area (Å²) < 4.78 is 68.7. The summed E-state index contributed by atoms with van der Waals surface area (Å²) >= 11 is 0. The van der Waals surface area contributed by atoms with Crippen molar-refractivity contribution in [2.75, 3.05) is 39.6 Å². The molecule has 0 radical (unpaired) electrons. The zero-order valence-electron chi connectivity index (χ0n) is 65.7. The van der Waals surface area contributed by atoms with E-state index in [1.165, 1.54) is 225 Å². The molecule has 0 fully saturated rings. The molecule has 100 heavy (non-hydrogen) atoms. The van der Waals surface area contributed by atoms with Crippen LogP contribution < -0.4 is 0 Å². The Balaban J connectivity index is 5.22. The molecule has 19 heteroatoms. The van der Waals surface area contributed by atoms with E-state index in [1.807, 2.05) is 0 Å². The lowest BCUT2D eigenvalue weighted by Gasteiger charge is -2.21. The number of unbranched alkanes of at least 4 members (excludes halogenated alkanes) is 47. The van der Waals surface area contributed by atoms with Crippen LogP contribution in [0.4, 0.5) is 0 Å². The fourth-order valence-corrected chi connectivity index (χ4v) is 14.1. The van der Waals surface area contributed by atoms with Gasteiger partial charge < -0.3 is 33.8 Å². The molecular weight excluding hydrogens is 1310 g/mol. The van der Waals surface area contributed by atoms with Gasteiger partial charge in [-0.3, -0.25) is 37.3 Å². The van der Waals surface area contributed by atoms with Crippen LogP contribution in [-0.4, -0.2) is 96.7 Å². The maximum atomic E-state index is 13.1. The van der Waals surface area contributed by atoms with E-state index in [1.54, 1.807) is 0 Å². The summed E-state index contributed by atoms with van der Waals surface area (Å²) in [4.78, 5) is 73.0. The highest BCUT2D eigenvalue weighted by Crippen LogP contribution is 2.45. The number of hydrogen-bond acceptors (Lipinski definition) is 15. The number of phosphoric ester groups is 2. The summed E-state index contributed by atoms with van der Waals surface area (Å²) in [5.74, 6) is 0.141. The number of ether oxygens (including phenoxy) is 4. The first-order valence-corrected chi connectivity index (χ1v) is 44.8. The van der Waals surface area contributed by atoms with Crippen molar-refractivity contribution >= 4 is 39.5 Å². The summed E-state index contributed by atoms with van der Waals surface area (Å²) in [6.07, 6.45) is 59.9. The molecule has 17 nitrogen and oxygen atoms in total. The predicted octanol–water partition coefficient (Wildman–Crippen LogP) is 24.1. The van der Waals surface area contributed by atoms with Crippen LogP contribution in [0.5, 0.6) is 0 Å². The minimum Gasteiger partial charge on any atom is -0.462 e. The molecule has 0 aromatic carbocycles. The van der Waals surface area contributed by atoms with Gasteiger partial charge in [-0.2, -0.15) is 0 Å². The molecule has 2 unspecified atom stereocenters. The second-order valence-electron chi connectivity index (χ2n) is 30.6. The number of rotatable bonds is 79. The van der Waals surface area contributed by atoms with Crippen molar-refractivity contribution < 1.29 is 80.2 Å². The number of esters is 4. The van der Waals surface area contributed by atoms with Crippen LogP contribution in [0.1, 0.15) is 421 Å². The number of aliphatic hydroxyl groups excluding tert-OH is 1. The van der Waals surface area contributed by atoms with Gasteiger partial charge in [-0.25, -0.2) is 9.13 Å². The molecule has 0 aromatic heterocycles. The second-order valence-corrected chi connectivity index (χ2v) is 33.5. The van der Waals surface area contributed by atoms with E-state index in [-0.39, 0.29) is 25.7 Å². The first-order chi connectivity index (χ1) is 48.2. The normalized spacial score (nSPS) is 14.0. The average molecular weight is 1470 g/mol. The third-order valence-corrected chi connectivity index (χ3v) is 20.8. The number of carbonyl (C=O) groups is 4. The average Bonchev–Trinajstić information content (AvgIpc) is 0.982. The monoisotopic (exact) mass is 1470 g/mol. The third kappa shape index (κ3) is 74.3. The Morgan fingerprint density at radius 3 is 0.680 bits per heavy atom. The van der Waals surface area contributed by atoms with Crippen LogP contribution in [0, 0.1) is 17.8 Å². The van der Waals surface area contributed by atoms with Crippen LogP contribution in [0.15, 0.2) is 0 Å². The first kappa shape index (κ1) is 98.1. The van der Waals surface area contributed by atoms with Crippen LogP contribution in [0.25, 0.3) is 0 Å². The zero-order chi connectivity index (χ0) is 73.7. The molecule has 0 saturated carbocycles. The van der Waals surface area contributed by atoms with Gasteiger partial charge in [-0.1, -0.05) is 370 Å². The fourth-order valence-electron chi connectivity index (χ4n) is 12.5. The Kier molecular flexibility index (Phi) is 69.9. The van der Waals surface area contributed by atoms with E-state index in [0.29, 0.717) is 31.6 Å². The third-order valence-electron chi connectivity index (χ3n) is 18.9. The van der Waals surface area contributed by atoms with Crippen LogP contribution >= 0.6 is 15.6 Å². The minimum atomic E-state index is -4.96. The van der Waals surface area contributed by atoms with Crippen molar-refractivity contribution in [3.63, 3.8) is 0 Å². The fraction of sp³-hybridized carbons (Fsp3) is 0.951. The van der Waals surface area contributed by atoms with Gasteiger partial charge in [0.15, 0.2) is 12.2 Å². The standard InChI is InChI=1S/C81H158O17P2/c1-8-9-10-11-12-13-14-15-16-17-18-22-25-30-35-40-48-55-62-78(83)91-68-76(97-80(85)64-57-50-41-36-31-26-23-20-19-21-24-28-33-38-45-52-59-72(2)3)70-95-99(87,88)93-66-75(82)67-94-100(89,90)96-71-77(69-92-79(84)63-56-49-44-43-47-54-61-74(6)7)98-81(86)65-58-51-42-37-32-27-29-34-39-46-53-60-73(4)5/h72-77,82H,8-71H2,1-7H3,(H,87,88)(H,89,90)/t75-,76-,77-/m1/s1. The number of phosphoric acid groups is 2. The number of hydrogen-bond donors (Lipinski definition) is 3. The van der Waals surface area contributed by atoms with E-state index < -0.39 is 97.5 Å². The predicted molar refractivity (Wildman–Crippen MR) is 409 cm³/mol. The smallest absolute Gasteiger partial charge is 0.462 e. The highest BCUT2D eigenvalue weighted by Gasteiger charge is 2.30. The molecule has 0 aliphatic carbocycles. The topological polar surface area (TPSA) is 237 Å². The highest BCUT2D eigenvalue weighted by atomic mass is 31.2. The van der Waals surface area contributed by atoms with Crippen molar-refractivity contribution in [1.82, 2.24) is 0 Å². The molecule has 3 N–H and O–H groups in total. The van der Waals surface area contributed by atoms with Crippen molar-refractivity contribution in [1.29, 1.82) is 0 Å². The van der Waals surface area contributed by atoms with Gasteiger partial charge in [0.25, 0.3) is 0 Å². The van der Waals surface area contributed by atoms with Crippen molar-refractivity contribution in [3.8, 4) is 0 Å². The van der Waals surface area contributed by atoms with Gasteiger partial charge in [0.2, 0.25) is 0 Å². The maximum Gasteiger partial charge on any atom is 0.472 e. The summed E-state index contributed by atoms with van der Waals surface area (Å²) in [6.45, 7) is 11.9. The molecule has 0 aromatic rings. The van der Waals surface area contributed by atoms with E-state index in [9.17, 15) is 43.2 Å². The molecule has 0 saturated heterocycles. The molecule has 0 aliphatic rings. The van der Waals surface area contributed by atoms with E-state index in [2.05, 4.69) is 48.5 Å². The van der Waals surface area contributed by atoms with Gasteiger partial charge in [0.1, 0.15) is 19.3 Å². The van der Waals surface area contributed by atoms with Gasteiger partial charge >= 0.3 is 39.5 Å².